The summed E-state index contributed by atoms with van der Waals surface area (Å²) in [5, 5.41) is 2.85. The van der Waals surface area contributed by atoms with Crippen molar-refractivity contribution in [2.24, 2.45) is 7.05 Å². The molecule has 3 rings (SSSR count). The zero-order valence-electron chi connectivity index (χ0n) is 15.6. The van der Waals surface area contributed by atoms with Crippen molar-refractivity contribution in [1.29, 1.82) is 0 Å². The number of benzene rings is 1. The predicted molar refractivity (Wildman–Crippen MR) is 113 cm³/mol. The minimum atomic E-state index is -3.72. The Balaban J connectivity index is 2.06. The molecule has 0 aliphatic heterocycles. The number of sulfonamides is 1. The molecule has 6 nitrogen and oxygen atoms in total. The quantitative estimate of drug-likeness (QED) is 0.595. The first kappa shape index (κ1) is 20.6. The van der Waals surface area contributed by atoms with Gasteiger partial charge >= 0.3 is 0 Å². The summed E-state index contributed by atoms with van der Waals surface area (Å²) in [6.45, 7) is 5.24. The number of allylic oxidation sites excluding steroid dienone is 1. The topological polar surface area (TPSA) is 80.2 Å². The number of nitrogens with zero attached hydrogens (tertiary/aromatic N) is 1. The molecule has 150 valence electrons. The van der Waals surface area contributed by atoms with Crippen LogP contribution in [0.4, 0.5) is 21.6 Å². The fourth-order valence-corrected chi connectivity index (χ4v) is 5.05. The van der Waals surface area contributed by atoms with Gasteiger partial charge in [0.15, 0.2) is 0 Å². The highest BCUT2D eigenvalue weighted by atomic mass is 79.9. The van der Waals surface area contributed by atoms with E-state index in [1.54, 1.807) is 19.1 Å². The largest absolute Gasteiger partial charge is 0.337 e. The van der Waals surface area contributed by atoms with E-state index in [1.807, 2.05) is 0 Å². The van der Waals surface area contributed by atoms with Gasteiger partial charge in [0, 0.05) is 17.1 Å². The van der Waals surface area contributed by atoms with E-state index in [0.29, 0.717) is 29.3 Å². The summed E-state index contributed by atoms with van der Waals surface area (Å²) in [5.74, 6) is -0.378. The van der Waals surface area contributed by atoms with Crippen LogP contribution < -0.4 is 15.6 Å². The molecule has 0 bridgehead atoms. The summed E-state index contributed by atoms with van der Waals surface area (Å²) in [4.78, 5) is 12.4. The fourth-order valence-electron chi connectivity index (χ4n) is 3.08. The monoisotopic (exact) mass is 469 g/mol. The first-order chi connectivity index (χ1) is 13.1. The van der Waals surface area contributed by atoms with Crippen molar-refractivity contribution in [1.82, 2.24) is 4.57 Å². The maximum atomic E-state index is 14.3. The number of anilines is 3. The van der Waals surface area contributed by atoms with Gasteiger partial charge in [0.1, 0.15) is 11.6 Å². The van der Waals surface area contributed by atoms with Crippen molar-refractivity contribution in [3.8, 4) is 0 Å². The molecule has 9 heteroatoms. The molecule has 1 aromatic heterocycles. The van der Waals surface area contributed by atoms with Crippen molar-refractivity contribution >= 4 is 43.1 Å². The van der Waals surface area contributed by atoms with Crippen LogP contribution in [0.1, 0.15) is 24.8 Å². The number of aromatic nitrogens is 1. The van der Waals surface area contributed by atoms with Gasteiger partial charge in [-0.3, -0.25) is 14.1 Å². The first-order valence-corrected chi connectivity index (χ1v) is 10.9. The Morgan fingerprint density at radius 3 is 2.57 bits per heavy atom. The van der Waals surface area contributed by atoms with Crippen molar-refractivity contribution < 1.29 is 12.8 Å². The Morgan fingerprint density at radius 1 is 1.32 bits per heavy atom. The Labute approximate surface area is 171 Å². The lowest BCUT2D eigenvalue weighted by Gasteiger charge is -2.21. The molecule has 0 saturated heterocycles. The molecule has 2 N–H and O–H groups in total. The smallest absolute Gasteiger partial charge is 0.254 e. The molecule has 1 saturated carbocycles. The molecule has 0 amide bonds. The predicted octanol–water partition coefficient (Wildman–Crippen LogP) is 4.19. The highest BCUT2D eigenvalue weighted by Gasteiger charge is 2.53. The lowest BCUT2D eigenvalue weighted by molar-refractivity contribution is 0.582. The van der Waals surface area contributed by atoms with Crippen molar-refractivity contribution in [3.63, 3.8) is 0 Å². The van der Waals surface area contributed by atoms with E-state index in [4.69, 9.17) is 0 Å². The molecular weight excluding hydrogens is 449 g/mol. The summed E-state index contributed by atoms with van der Waals surface area (Å²) in [5.41, 5.74) is 0.373. The lowest BCUT2D eigenvalue weighted by Crippen LogP contribution is -2.31. The third-order valence-corrected chi connectivity index (χ3v) is 7.61. The molecule has 0 spiro atoms. The van der Waals surface area contributed by atoms with Crippen LogP contribution in [0.5, 0.6) is 0 Å². The summed E-state index contributed by atoms with van der Waals surface area (Å²) in [6, 6.07) is 5.89. The lowest BCUT2D eigenvalue weighted by atomic mass is 10.2. The minimum Gasteiger partial charge on any atom is -0.337 e. The van der Waals surface area contributed by atoms with E-state index in [2.05, 4.69) is 32.5 Å². The third-order valence-electron chi connectivity index (χ3n) is 4.92. The average molecular weight is 470 g/mol. The molecule has 1 aromatic carbocycles. The van der Waals surface area contributed by atoms with Crippen molar-refractivity contribution in [2.75, 3.05) is 10.0 Å². The second-order valence-electron chi connectivity index (χ2n) is 6.98. The van der Waals surface area contributed by atoms with Gasteiger partial charge in [-0.05, 0) is 50.5 Å². The third kappa shape index (κ3) is 3.73. The van der Waals surface area contributed by atoms with E-state index in [-0.39, 0.29) is 22.8 Å². The Bertz CT molecular complexity index is 1110. The standard InChI is InChI=1S/C19H21BrFN3O3S/c1-4-7-19(8-9-19)28(26,27)23-16-10-12(2)18(25)24(3)17(16)22-15-6-5-13(20)11-14(15)21/h4-6,10-11,22-23H,1,7-9H2,2-3H3. The molecule has 1 fully saturated rings. The minimum absolute atomic E-state index is 0.120. The van der Waals surface area contributed by atoms with Gasteiger partial charge < -0.3 is 5.32 Å². The fraction of sp³-hybridized carbons (Fsp3) is 0.316. The molecule has 2 aromatic rings. The maximum absolute atomic E-state index is 14.3. The molecule has 1 aliphatic rings. The summed E-state index contributed by atoms with van der Waals surface area (Å²) >= 11 is 3.19. The molecule has 0 atom stereocenters. The van der Waals surface area contributed by atoms with Crippen molar-refractivity contribution in [2.45, 2.75) is 30.9 Å². The number of nitrogens with one attached hydrogen (secondary N) is 2. The number of rotatable bonds is 7. The van der Waals surface area contributed by atoms with Crippen LogP contribution in [0.3, 0.4) is 0 Å². The van der Waals surface area contributed by atoms with Gasteiger partial charge in [-0.2, -0.15) is 0 Å². The highest BCUT2D eigenvalue weighted by Crippen LogP contribution is 2.47. The number of hydrogen-bond acceptors (Lipinski definition) is 4. The second kappa shape index (κ2) is 7.36. The van der Waals surface area contributed by atoms with E-state index in [9.17, 15) is 17.6 Å². The van der Waals surface area contributed by atoms with Gasteiger partial charge in [-0.1, -0.05) is 22.0 Å². The highest BCUT2D eigenvalue weighted by molar-refractivity contribution is 9.10. The zero-order valence-corrected chi connectivity index (χ0v) is 18.0. The van der Waals surface area contributed by atoms with Crippen LogP contribution in [0.15, 0.2) is 46.2 Å². The van der Waals surface area contributed by atoms with Gasteiger partial charge in [0.25, 0.3) is 5.56 Å². The molecule has 0 unspecified atom stereocenters. The molecular formula is C19H21BrFN3O3S. The van der Waals surface area contributed by atoms with Crippen LogP contribution in [-0.4, -0.2) is 17.7 Å². The normalized spacial score (nSPS) is 15.1. The number of halogens is 2. The summed E-state index contributed by atoms with van der Waals surface area (Å²) < 4.78 is 43.7. The van der Waals surface area contributed by atoms with E-state index >= 15 is 0 Å². The van der Waals surface area contributed by atoms with Crippen LogP contribution in [0.25, 0.3) is 0 Å². The van der Waals surface area contributed by atoms with Gasteiger partial charge in [-0.25, -0.2) is 12.8 Å². The molecule has 1 heterocycles. The Morgan fingerprint density at radius 2 is 2.00 bits per heavy atom. The average Bonchev–Trinajstić information content (AvgIpc) is 3.40. The van der Waals surface area contributed by atoms with E-state index < -0.39 is 20.6 Å². The number of aryl methyl sites for hydroxylation is 1. The van der Waals surface area contributed by atoms with Gasteiger partial charge in [-0.15, -0.1) is 6.58 Å². The summed E-state index contributed by atoms with van der Waals surface area (Å²) in [7, 11) is -2.22. The van der Waals surface area contributed by atoms with Crippen LogP contribution in [-0.2, 0) is 17.1 Å². The second-order valence-corrected chi connectivity index (χ2v) is 9.98. The maximum Gasteiger partial charge on any atom is 0.254 e. The van der Waals surface area contributed by atoms with Crippen molar-refractivity contribution in [3.05, 3.63) is 63.1 Å². The van der Waals surface area contributed by atoms with Crippen LogP contribution >= 0.6 is 15.9 Å². The first-order valence-electron chi connectivity index (χ1n) is 8.66. The summed E-state index contributed by atoms with van der Waals surface area (Å²) in [6.07, 6.45) is 3.03. The van der Waals surface area contributed by atoms with Gasteiger partial charge in [0.05, 0.1) is 16.1 Å². The molecule has 28 heavy (non-hydrogen) atoms. The van der Waals surface area contributed by atoms with Gasteiger partial charge in [0.2, 0.25) is 10.0 Å². The van der Waals surface area contributed by atoms with Crippen LogP contribution in [0, 0.1) is 12.7 Å². The SMILES string of the molecule is C=CCC1(S(=O)(=O)Nc2cc(C)c(=O)n(C)c2Nc2ccc(Br)cc2F)CC1. The van der Waals surface area contributed by atoms with Crippen LogP contribution in [0.2, 0.25) is 0 Å². The Hall–Kier alpha value is -2.13. The van der Waals surface area contributed by atoms with E-state index in [0.717, 1.165) is 0 Å². The number of hydrogen-bond donors (Lipinski definition) is 2. The van der Waals surface area contributed by atoms with E-state index in [1.165, 1.54) is 29.8 Å². The number of pyridine rings is 1. The molecule has 0 radical (unpaired) electrons. The Kier molecular flexibility index (Phi) is 5.42. The zero-order chi connectivity index (χ0) is 20.7. The molecule has 1 aliphatic carbocycles.